The van der Waals surface area contributed by atoms with Crippen LogP contribution in [0.1, 0.15) is 40.2 Å². The van der Waals surface area contributed by atoms with Crippen LogP contribution in [-0.2, 0) is 4.74 Å². The van der Waals surface area contributed by atoms with Gasteiger partial charge in [-0.15, -0.1) is 0 Å². The maximum absolute atomic E-state index is 12.0. The molecule has 1 atom stereocenters. The molecule has 0 fully saturated rings. The number of nitrogens with one attached hydrogen (secondary N) is 1. The lowest BCUT2D eigenvalue weighted by Gasteiger charge is -2.13. The molecule has 2 aromatic rings. The van der Waals surface area contributed by atoms with Crippen LogP contribution < -0.4 is 5.56 Å². The van der Waals surface area contributed by atoms with Crippen molar-refractivity contribution in [2.75, 3.05) is 0 Å². The number of carbonyl (C=O) groups is 1. The van der Waals surface area contributed by atoms with Gasteiger partial charge in [-0.1, -0.05) is 12.1 Å². The van der Waals surface area contributed by atoms with Crippen LogP contribution in [0.15, 0.2) is 41.2 Å². The van der Waals surface area contributed by atoms with Crippen LogP contribution in [0.2, 0.25) is 0 Å². The number of benzene rings is 1. The normalized spacial score (nSPS) is 11.5. The highest BCUT2D eigenvalue weighted by atomic mass is 16.5. The first-order chi connectivity index (χ1) is 10.0. The zero-order valence-electron chi connectivity index (χ0n) is 11.7. The van der Waals surface area contributed by atoms with Crippen LogP contribution in [0.5, 0.6) is 0 Å². The zero-order chi connectivity index (χ0) is 15.4. The minimum atomic E-state index is -0.673. The van der Waals surface area contributed by atoms with Crippen molar-refractivity contribution in [2.45, 2.75) is 20.0 Å². The fourth-order valence-electron chi connectivity index (χ4n) is 1.85. The predicted octanol–water partition coefficient (Wildman–Crippen LogP) is 2.47. The Bertz CT molecular complexity index is 754. The van der Waals surface area contributed by atoms with Crippen molar-refractivity contribution in [2.24, 2.45) is 0 Å². The summed E-state index contributed by atoms with van der Waals surface area (Å²) < 4.78 is 5.27. The summed E-state index contributed by atoms with van der Waals surface area (Å²) in [4.78, 5) is 26.2. The molecule has 0 radical (unpaired) electrons. The van der Waals surface area contributed by atoms with E-state index >= 15 is 0 Å². The Hall–Kier alpha value is -2.87. The highest BCUT2D eigenvalue weighted by Gasteiger charge is 2.16. The number of hydrogen-bond donors (Lipinski definition) is 1. The van der Waals surface area contributed by atoms with E-state index in [-0.39, 0.29) is 5.56 Å². The zero-order valence-corrected chi connectivity index (χ0v) is 11.7. The molecule has 106 valence electrons. The molecule has 0 amide bonds. The maximum atomic E-state index is 12.0. The maximum Gasteiger partial charge on any atom is 0.344 e. The van der Waals surface area contributed by atoms with Gasteiger partial charge in [-0.3, -0.25) is 4.79 Å². The molecule has 21 heavy (non-hydrogen) atoms. The van der Waals surface area contributed by atoms with E-state index in [0.717, 1.165) is 5.56 Å². The van der Waals surface area contributed by atoms with E-state index in [4.69, 9.17) is 10.00 Å². The van der Waals surface area contributed by atoms with E-state index < -0.39 is 17.6 Å². The average molecular weight is 282 g/mol. The number of aromatic nitrogens is 1. The number of nitrogens with zero attached hydrogens (tertiary/aromatic N) is 1. The minimum Gasteiger partial charge on any atom is -0.454 e. The molecule has 1 N–H and O–H groups in total. The topological polar surface area (TPSA) is 82.9 Å². The fraction of sp³-hybridized carbons (Fsp3) is 0.188. The summed E-state index contributed by atoms with van der Waals surface area (Å²) in [6.45, 7) is 3.44. The number of carbonyl (C=O) groups excluding carboxylic acids is 1. The van der Waals surface area contributed by atoms with Gasteiger partial charge in [0, 0.05) is 5.69 Å². The summed E-state index contributed by atoms with van der Waals surface area (Å²) in [7, 11) is 0. The molecule has 1 aromatic heterocycles. The van der Waals surface area contributed by atoms with E-state index in [9.17, 15) is 9.59 Å². The number of pyridine rings is 1. The second-order valence-electron chi connectivity index (χ2n) is 4.67. The smallest absolute Gasteiger partial charge is 0.344 e. The van der Waals surface area contributed by atoms with Crippen LogP contribution >= 0.6 is 0 Å². The summed E-state index contributed by atoms with van der Waals surface area (Å²) in [5, 5.41) is 8.74. The molecule has 0 spiro atoms. The number of aryl methyl sites for hydroxylation is 1. The number of aromatic amines is 1. The van der Waals surface area contributed by atoms with Gasteiger partial charge >= 0.3 is 5.97 Å². The first kappa shape index (κ1) is 14.5. The summed E-state index contributed by atoms with van der Waals surface area (Å²) in [5.74, 6) is -0.673. The number of ether oxygens (including phenoxy) is 1. The number of rotatable bonds is 3. The molecule has 0 saturated carbocycles. The Morgan fingerprint density at radius 2 is 1.90 bits per heavy atom. The molecule has 0 aliphatic rings. The van der Waals surface area contributed by atoms with E-state index in [0.29, 0.717) is 11.3 Å². The molecule has 5 heteroatoms. The number of esters is 1. The fourth-order valence-corrected chi connectivity index (χ4v) is 1.85. The molecule has 1 heterocycles. The quantitative estimate of drug-likeness (QED) is 0.877. The Balaban J connectivity index is 2.14. The third-order valence-corrected chi connectivity index (χ3v) is 3.07. The van der Waals surface area contributed by atoms with Crippen molar-refractivity contribution in [1.29, 1.82) is 5.26 Å². The lowest BCUT2D eigenvalue weighted by atomic mass is 10.1. The van der Waals surface area contributed by atoms with E-state index in [1.54, 1.807) is 44.2 Å². The average Bonchev–Trinajstić information content (AvgIpc) is 2.47. The summed E-state index contributed by atoms with van der Waals surface area (Å²) >= 11 is 0. The second kappa shape index (κ2) is 6.06. The van der Waals surface area contributed by atoms with E-state index in [2.05, 4.69) is 4.98 Å². The van der Waals surface area contributed by atoms with Gasteiger partial charge in [0.15, 0.2) is 0 Å². The van der Waals surface area contributed by atoms with Gasteiger partial charge in [0.25, 0.3) is 5.56 Å². The highest BCUT2D eigenvalue weighted by Crippen LogP contribution is 2.18. The molecule has 2 rings (SSSR count). The molecule has 1 aromatic carbocycles. The molecule has 0 aliphatic carbocycles. The van der Waals surface area contributed by atoms with Crippen molar-refractivity contribution >= 4 is 5.97 Å². The van der Waals surface area contributed by atoms with Gasteiger partial charge in [0.2, 0.25) is 0 Å². The third-order valence-electron chi connectivity index (χ3n) is 3.07. The Morgan fingerprint density at radius 1 is 1.24 bits per heavy atom. The molecule has 0 saturated heterocycles. The summed E-state index contributed by atoms with van der Waals surface area (Å²) in [5.41, 5.74) is 1.47. The van der Waals surface area contributed by atoms with Crippen molar-refractivity contribution in [3.63, 3.8) is 0 Å². The highest BCUT2D eigenvalue weighted by molar-refractivity contribution is 5.89. The first-order valence-corrected chi connectivity index (χ1v) is 6.42. The van der Waals surface area contributed by atoms with Crippen LogP contribution in [0.4, 0.5) is 0 Å². The van der Waals surface area contributed by atoms with Crippen LogP contribution in [-0.4, -0.2) is 11.0 Å². The number of hydrogen-bond acceptors (Lipinski definition) is 4. The van der Waals surface area contributed by atoms with Gasteiger partial charge in [-0.2, -0.15) is 5.26 Å². The molecule has 1 unspecified atom stereocenters. The predicted molar refractivity (Wildman–Crippen MR) is 76.8 cm³/mol. The molecule has 0 aliphatic heterocycles. The molecule has 0 bridgehead atoms. The largest absolute Gasteiger partial charge is 0.454 e. The van der Waals surface area contributed by atoms with E-state index in [1.165, 1.54) is 6.07 Å². The van der Waals surface area contributed by atoms with E-state index in [1.807, 2.05) is 6.07 Å². The van der Waals surface area contributed by atoms with Crippen molar-refractivity contribution in [1.82, 2.24) is 4.98 Å². The van der Waals surface area contributed by atoms with Crippen LogP contribution in [0.25, 0.3) is 0 Å². The monoisotopic (exact) mass is 282 g/mol. The van der Waals surface area contributed by atoms with Crippen LogP contribution in [0, 0.1) is 18.3 Å². The van der Waals surface area contributed by atoms with Gasteiger partial charge in [-0.05, 0) is 43.7 Å². The number of H-pyrrole nitrogens is 1. The van der Waals surface area contributed by atoms with Crippen LogP contribution in [0.3, 0.4) is 0 Å². The Kier molecular flexibility index (Phi) is 4.19. The second-order valence-corrected chi connectivity index (χ2v) is 4.67. The lowest BCUT2D eigenvalue weighted by Crippen LogP contribution is -2.21. The minimum absolute atomic E-state index is 0.0268. The molecular weight excluding hydrogens is 268 g/mol. The van der Waals surface area contributed by atoms with Gasteiger partial charge < -0.3 is 9.72 Å². The molecular formula is C16H14N2O3. The van der Waals surface area contributed by atoms with Gasteiger partial charge in [-0.25, -0.2) is 4.79 Å². The van der Waals surface area contributed by atoms with Gasteiger partial charge in [0.1, 0.15) is 11.7 Å². The SMILES string of the molecule is Cc1ccc(C(=O)OC(C)c2ccc(C#N)cc2)c(=O)[nH]1. The van der Waals surface area contributed by atoms with Crippen molar-refractivity contribution in [3.8, 4) is 6.07 Å². The van der Waals surface area contributed by atoms with Crippen molar-refractivity contribution in [3.05, 3.63) is 69.1 Å². The summed E-state index contributed by atoms with van der Waals surface area (Å²) in [6.07, 6.45) is -0.508. The third kappa shape index (κ3) is 3.37. The number of nitriles is 1. The lowest BCUT2D eigenvalue weighted by molar-refractivity contribution is 0.0335. The first-order valence-electron chi connectivity index (χ1n) is 6.42. The van der Waals surface area contributed by atoms with Crippen molar-refractivity contribution < 1.29 is 9.53 Å². The Labute approximate surface area is 121 Å². The summed E-state index contributed by atoms with van der Waals surface area (Å²) in [6, 6.07) is 11.8. The molecule has 5 nitrogen and oxygen atoms in total. The van der Waals surface area contributed by atoms with Gasteiger partial charge in [0.05, 0.1) is 11.6 Å². The Morgan fingerprint density at radius 3 is 2.48 bits per heavy atom. The standard InChI is InChI=1S/C16H14N2O3/c1-10-3-8-14(15(19)18-10)16(20)21-11(2)13-6-4-12(9-17)5-7-13/h3-8,11H,1-2H3,(H,18,19).